The minimum Gasteiger partial charge on any atom is -0.310 e. The lowest BCUT2D eigenvalue weighted by atomic mass is 9.64. The molecule has 1 spiro atoms. The fourth-order valence-electron chi connectivity index (χ4n) is 14.9. The van der Waals surface area contributed by atoms with Crippen molar-refractivity contribution < 1.29 is 0 Å². The zero-order chi connectivity index (χ0) is 55.2. The van der Waals surface area contributed by atoms with Crippen LogP contribution in [0.3, 0.4) is 0 Å². The SMILES string of the molecule is C=CC1=C(/C=C\C)c2c(-c3ccc(N(c4ccc(-c5ccc(-c6ccccc6)cc5)cc4)c4cccc5c4-c4ccccc4C5(c4ccccc4)c4ccccc4)cc3)cccc2C12c1ccccc1-n1c3ccccc3c3cccc2c31. The summed E-state index contributed by atoms with van der Waals surface area (Å²) >= 11 is 0. The first-order valence-corrected chi connectivity index (χ1v) is 28.9. The summed E-state index contributed by atoms with van der Waals surface area (Å²) in [7, 11) is 0. The monoisotopic (exact) mass is 1060 g/mol. The predicted octanol–water partition coefficient (Wildman–Crippen LogP) is 20.8. The molecule has 3 aliphatic rings. The average Bonchev–Trinajstić information content (AvgIpc) is 2.06. The molecule has 0 fully saturated rings. The third-order valence-electron chi connectivity index (χ3n) is 18.2. The molecule has 0 N–H and O–H groups in total. The second-order valence-electron chi connectivity index (χ2n) is 22.2. The summed E-state index contributed by atoms with van der Waals surface area (Å²) in [6.07, 6.45) is 6.65. The summed E-state index contributed by atoms with van der Waals surface area (Å²) in [5, 5.41) is 2.52. The molecule has 0 saturated carbocycles. The lowest BCUT2D eigenvalue weighted by Gasteiger charge is -2.40. The highest BCUT2D eigenvalue weighted by atomic mass is 15.1. The van der Waals surface area contributed by atoms with Gasteiger partial charge in [0.25, 0.3) is 0 Å². The van der Waals surface area contributed by atoms with Crippen LogP contribution in [0.5, 0.6) is 0 Å². The largest absolute Gasteiger partial charge is 0.310 e. The number of benzene rings is 12. The number of fused-ring (bicyclic) bond motifs is 12. The van der Waals surface area contributed by atoms with Crippen LogP contribution in [0, 0.1) is 0 Å². The molecule has 1 atom stereocenters. The lowest BCUT2D eigenvalue weighted by molar-refractivity contribution is 0.743. The van der Waals surface area contributed by atoms with Crippen LogP contribution in [-0.4, -0.2) is 4.57 Å². The van der Waals surface area contributed by atoms with Crippen molar-refractivity contribution in [2.75, 3.05) is 4.90 Å². The molecule has 0 bridgehead atoms. The van der Waals surface area contributed by atoms with Gasteiger partial charge >= 0.3 is 0 Å². The van der Waals surface area contributed by atoms with Gasteiger partial charge in [0.1, 0.15) is 0 Å². The molecule has 2 aliphatic carbocycles. The van der Waals surface area contributed by atoms with E-state index in [2.05, 4.69) is 332 Å². The highest BCUT2D eigenvalue weighted by molar-refractivity contribution is 6.13. The molecule has 1 aromatic heterocycles. The van der Waals surface area contributed by atoms with E-state index in [1.807, 2.05) is 0 Å². The van der Waals surface area contributed by atoms with Gasteiger partial charge in [-0.25, -0.2) is 0 Å². The van der Waals surface area contributed by atoms with Crippen LogP contribution in [0.25, 0.3) is 77.6 Å². The summed E-state index contributed by atoms with van der Waals surface area (Å²) in [6, 6.07) is 108. The number of hydrogen-bond donors (Lipinski definition) is 0. The Morgan fingerprint density at radius 2 is 0.855 bits per heavy atom. The van der Waals surface area contributed by atoms with Crippen LogP contribution >= 0.6 is 0 Å². The van der Waals surface area contributed by atoms with Crippen molar-refractivity contribution >= 4 is 44.4 Å². The van der Waals surface area contributed by atoms with Crippen molar-refractivity contribution in [2.24, 2.45) is 0 Å². The van der Waals surface area contributed by atoms with Crippen molar-refractivity contribution in [3.8, 4) is 50.2 Å². The number of aromatic nitrogens is 1. The van der Waals surface area contributed by atoms with Gasteiger partial charge in [-0.15, -0.1) is 0 Å². The van der Waals surface area contributed by atoms with E-state index in [0.717, 1.165) is 28.2 Å². The average molecular weight is 1060 g/mol. The van der Waals surface area contributed by atoms with E-state index >= 15 is 0 Å². The molecular weight excluding hydrogens is 1000 g/mol. The Kier molecular flexibility index (Phi) is 11.1. The van der Waals surface area contributed by atoms with Crippen LogP contribution < -0.4 is 4.90 Å². The maximum atomic E-state index is 4.65. The van der Waals surface area contributed by atoms with Crippen LogP contribution in [0.1, 0.15) is 51.4 Å². The number of nitrogens with zero attached hydrogens (tertiary/aromatic N) is 2. The molecular formula is C81H56N2. The standard InChI is InChI=1S/C81H56N2/c1-3-23-66-68(4-2)81(70-35-17-19-40-75(70)83-74-39-18-15-30-64(74)65-33-21-38-73(81)79(65)83)71-36-20-32-63(77(66)71)58-48-52-62(53-49-58)82(61-50-46-57(47-51-61)56-44-42-55(43-45-56)54-24-8-5-9-25-54)76-41-22-37-72-78(76)67-31-14-16-34-69(67)80(72,59-26-10-6-11-27-59)60-28-12-7-13-29-60/h3-53H,2H2,1H3/b23-3-. The second-order valence-corrected chi connectivity index (χ2v) is 22.2. The van der Waals surface area contributed by atoms with E-state index < -0.39 is 10.8 Å². The summed E-state index contributed by atoms with van der Waals surface area (Å²) in [6.45, 7) is 6.78. The van der Waals surface area contributed by atoms with Gasteiger partial charge in [0.2, 0.25) is 0 Å². The molecule has 1 unspecified atom stereocenters. The lowest BCUT2D eigenvalue weighted by Crippen LogP contribution is -2.34. The van der Waals surface area contributed by atoms with E-state index in [0.29, 0.717) is 0 Å². The van der Waals surface area contributed by atoms with Gasteiger partial charge in [0, 0.05) is 27.7 Å². The summed E-state index contributed by atoms with van der Waals surface area (Å²) in [5.41, 5.74) is 27.8. The number of para-hydroxylation sites is 3. The first-order chi connectivity index (χ1) is 41.1. The topological polar surface area (TPSA) is 8.17 Å². The van der Waals surface area contributed by atoms with Gasteiger partial charge < -0.3 is 9.47 Å². The van der Waals surface area contributed by atoms with Crippen molar-refractivity contribution in [3.63, 3.8) is 0 Å². The normalized spacial score (nSPS) is 15.1. The Hall–Kier alpha value is -10.5. The maximum Gasteiger partial charge on any atom is 0.0754 e. The minimum absolute atomic E-state index is 0.551. The fraction of sp³-hybridized carbons (Fsp3) is 0.0370. The minimum atomic E-state index is -0.617. The third kappa shape index (κ3) is 6.90. The van der Waals surface area contributed by atoms with E-state index in [4.69, 9.17) is 0 Å². The molecule has 390 valence electrons. The fourth-order valence-corrected chi connectivity index (χ4v) is 14.9. The quantitative estimate of drug-likeness (QED) is 0.133. The number of rotatable bonds is 10. The molecule has 16 rings (SSSR count). The molecule has 0 radical (unpaired) electrons. The number of anilines is 3. The van der Waals surface area contributed by atoms with Crippen molar-refractivity contribution in [2.45, 2.75) is 17.8 Å². The first-order valence-electron chi connectivity index (χ1n) is 28.9. The second kappa shape index (κ2) is 19.1. The molecule has 2 heterocycles. The molecule has 83 heavy (non-hydrogen) atoms. The highest BCUT2D eigenvalue weighted by Crippen LogP contribution is 2.63. The molecule has 1 aliphatic heterocycles. The Morgan fingerprint density at radius 1 is 0.373 bits per heavy atom. The van der Waals surface area contributed by atoms with Crippen molar-refractivity contribution in [1.29, 1.82) is 0 Å². The predicted molar refractivity (Wildman–Crippen MR) is 347 cm³/mol. The molecule has 0 amide bonds. The summed E-state index contributed by atoms with van der Waals surface area (Å²) in [5.74, 6) is 0. The van der Waals surface area contributed by atoms with E-state index in [1.165, 1.54) is 117 Å². The smallest absolute Gasteiger partial charge is 0.0754 e. The summed E-state index contributed by atoms with van der Waals surface area (Å²) < 4.78 is 2.50. The van der Waals surface area contributed by atoms with Crippen molar-refractivity contribution in [3.05, 3.63) is 366 Å². The Bertz CT molecular complexity index is 4730. The van der Waals surface area contributed by atoms with Gasteiger partial charge in [-0.05, 0) is 144 Å². The zero-order valence-electron chi connectivity index (χ0n) is 46.0. The summed E-state index contributed by atoms with van der Waals surface area (Å²) in [4.78, 5) is 2.48. The Morgan fingerprint density at radius 3 is 1.52 bits per heavy atom. The van der Waals surface area contributed by atoms with Gasteiger partial charge in [-0.3, -0.25) is 0 Å². The zero-order valence-corrected chi connectivity index (χ0v) is 46.0. The van der Waals surface area contributed by atoms with E-state index in [1.54, 1.807) is 0 Å². The van der Waals surface area contributed by atoms with Crippen LogP contribution in [0.2, 0.25) is 0 Å². The maximum absolute atomic E-state index is 4.65. The van der Waals surface area contributed by atoms with Crippen molar-refractivity contribution in [1.82, 2.24) is 4.57 Å². The molecule has 12 aromatic carbocycles. The van der Waals surface area contributed by atoms with E-state index in [-0.39, 0.29) is 0 Å². The van der Waals surface area contributed by atoms with Crippen LogP contribution in [0.15, 0.2) is 322 Å². The van der Waals surface area contributed by atoms with Gasteiger partial charge in [-0.2, -0.15) is 0 Å². The number of hydrogen-bond acceptors (Lipinski definition) is 1. The Balaban J connectivity index is 0.886. The molecule has 2 nitrogen and oxygen atoms in total. The highest BCUT2D eigenvalue weighted by Gasteiger charge is 2.52. The third-order valence-corrected chi connectivity index (χ3v) is 18.2. The van der Waals surface area contributed by atoms with E-state index in [9.17, 15) is 0 Å². The molecule has 13 aromatic rings. The van der Waals surface area contributed by atoms with Crippen LogP contribution in [0.4, 0.5) is 17.1 Å². The Labute approximate surface area is 485 Å². The van der Waals surface area contributed by atoms with Gasteiger partial charge in [0.05, 0.1) is 33.2 Å². The van der Waals surface area contributed by atoms with Crippen LogP contribution in [-0.2, 0) is 10.8 Å². The number of allylic oxidation sites excluding steroid dienone is 5. The molecule has 0 saturated heterocycles. The first kappa shape index (κ1) is 48.4. The van der Waals surface area contributed by atoms with Gasteiger partial charge in [-0.1, -0.05) is 274 Å². The van der Waals surface area contributed by atoms with Gasteiger partial charge in [0.15, 0.2) is 0 Å². The molecule has 2 heteroatoms.